The van der Waals surface area contributed by atoms with E-state index in [1.165, 1.54) is 6.07 Å². The van der Waals surface area contributed by atoms with Gasteiger partial charge in [0.15, 0.2) is 0 Å². The van der Waals surface area contributed by atoms with Crippen LogP contribution in [0.3, 0.4) is 0 Å². The monoisotopic (exact) mass is 276 g/mol. The van der Waals surface area contributed by atoms with Crippen molar-refractivity contribution >= 4 is 5.91 Å². The highest BCUT2D eigenvalue weighted by Crippen LogP contribution is 2.39. The van der Waals surface area contributed by atoms with Gasteiger partial charge in [0.1, 0.15) is 12.0 Å². The average molecular weight is 276 g/mol. The van der Waals surface area contributed by atoms with Crippen LogP contribution in [-0.4, -0.2) is 22.9 Å². The Morgan fingerprint density at radius 3 is 2.65 bits per heavy atom. The second kappa shape index (κ2) is 5.17. The molecule has 1 aliphatic carbocycles. The molecule has 2 unspecified atom stereocenters. The molecule has 2 aliphatic rings. The van der Waals surface area contributed by atoms with Crippen molar-refractivity contribution in [1.29, 1.82) is 0 Å². The second-order valence-electron chi connectivity index (χ2n) is 6.03. The van der Waals surface area contributed by atoms with E-state index in [0.717, 1.165) is 19.3 Å². The zero-order valence-electron chi connectivity index (χ0n) is 12.0. The third-order valence-corrected chi connectivity index (χ3v) is 4.54. The van der Waals surface area contributed by atoms with E-state index in [-0.39, 0.29) is 30.0 Å². The van der Waals surface area contributed by atoms with Crippen molar-refractivity contribution in [2.24, 2.45) is 5.92 Å². The van der Waals surface area contributed by atoms with Crippen molar-refractivity contribution in [1.82, 2.24) is 10.2 Å². The fourth-order valence-corrected chi connectivity index (χ4v) is 3.36. The first-order chi connectivity index (χ1) is 9.61. The zero-order chi connectivity index (χ0) is 14.3. The minimum atomic E-state index is -0.314. The summed E-state index contributed by atoms with van der Waals surface area (Å²) in [4.78, 5) is 14.4. The quantitative estimate of drug-likeness (QED) is 0.920. The van der Waals surface area contributed by atoms with Crippen LogP contribution in [0.15, 0.2) is 24.3 Å². The lowest BCUT2D eigenvalue weighted by atomic mass is 9.80. The molecule has 1 aromatic rings. The minimum Gasteiger partial charge on any atom is -0.318 e. The number of nitrogens with zero attached hydrogens (tertiary/aromatic N) is 1. The van der Waals surface area contributed by atoms with Gasteiger partial charge in [-0.25, -0.2) is 4.39 Å². The number of amides is 1. The first kappa shape index (κ1) is 13.6. The Hall–Kier alpha value is -1.42. The zero-order valence-corrected chi connectivity index (χ0v) is 12.0. The van der Waals surface area contributed by atoms with Gasteiger partial charge in [0, 0.05) is 11.6 Å². The summed E-state index contributed by atoms with van der Waals surface area (Å²) >= 11 is 0. The van der Waals surface area contributed by atoms with E-state index in [4.69, 9.17) is 0 Å². The van der Waals surface area contributed by atoms with E-state index in [1.807, 2.05) is 17.9 Å². The molecular weight excluding hydrogens is 255 g/mol. The van der Waals surface area contributed by atoms with Crippen molar-refractivity contribution < 1.29 is 9.18 Å². The molecule has 1 N–H and O–H groups in total. The molecule has 0 spiro atoms. The summed E-state index contributed by atoms with van der Waals surface area (Å²) < 4.78 is 14.1. The molecule has 3 rings (SSSR count). The molecule has 3 nitrogen and oxygen atoms in total. The van der Waals surface area contributed by atoms with Gasteiger partial charge < -0.3 is 4.90 Å². The number of carbonyl (C=O) groups is 1. The fourth-order valence-electron chi connectivity index (χ4n) is 3.36. The molecule has 1 aromatic carbocycles. The molecule has 0 aromatic heterocycles. The maximum Gasteiger partial charge on any atom is 0.241 e. The lowest BCUT2D eigenvalue weighted by Crippen LogP contribution is -2.47. The van der Waals surface area contributed by atoms with Gasteiger partial charge >= 0.3 is 0 Å². The minimum absolute atomic E-state index is 0.123. The molecule has 2 fully saturated rings. The molecule has 1 heterocycles. The summed E-state index contributed by atoms with van der Waals surface area (Å²) in [7, 11) is 0. The Kier molecular flexibility index (Phi) is 3.50. The van der Waals surface area contributed by atoms with Crippen molar-refractivity contribution in [3.8, 4) is 0 Å². The summed E-state index contributed by atoms with van der Waals surface area (Å²) in [5, 5.41) is 3.30. The summed E-state index contributed by atoms with van der Waals surface area (Å²) in [6.45, 7) is 4.18. The first-order valence-corrected chi connectivity index (χ1v) is 7.44. The number of benzene rings is 1. The lowest BCUT2D eigenvalue weighted by molar-refractivity contribution is -0.135. The summed E-state index contributed by atoms with van der Waals surface area (Å²) in [6.07, 6.45) is 2.47. The normalized spacial score (nSPS) is 33.4. The molecule has 4 heteroatoms. The number of hydrogen-bond acceptors (Lipinski definition) is 2. The average Bonchev–Trinajstić information content (AvgIpc) is 2.72. The number of rotatable bonds is 3. The number of nitrogens with one attached hydrogen (secondary N) is 1. The first-order valence-electron chi connectivity index (χ1n) is 7.44. The highest BCUT2D eigenvalue weighted by molar-refractivity contribution is 5.85. The van der Waals surface area contributed by atoms with E-state index < -0.39 is 0 Å². The predicted molar refractivity (Wildman–Crippen MR) is 75.4 cm³/mol. The van der Waals surface area contributed by atoms with Crippen LogP contribution in [0.5, 0.6) is 0 Å². The van der Waals surface area contributed by atoms with Crippen LogP contribution in [0.4, 0.5) is 4.39 Å². The smallest absolute Gasteiger partial charge is 0.241 e. The Morgan fingerprint density at radius 2 is 2.05 bits per heavy atom. The topological polar surface area (TPSA) is 32.3 Å². The highest BCUT2D eigenvalue weighted by Gasteiger charge is 2.46. The van der Waals surface area contributed by atoms with Crippen molar-refractivity contribution in [2.45, 2.75) is 51.4 Å². The Labute approximate surface area is 119 Å². The van der Waals surface area contributed by atoms with E-state index in [0.29, 0.717) is 11.5 Å². The maximum absolute atomic E-state index is 14.1. The highest BCUT2D eigenvalue weighted by atomic mass is 19.1. The maximum atomic E-state index is 14.1. The molecule has 1 amide bonds. The van der Waals surface area contributed by atoms with Gasteiger partial charge in [0.05, 0.1) is 6.04 Å². The fraction of sp³-hybridized carbons (Fsp3) is 0.562. The molecule has 108 valence electrons. The third kappa shape index (κ3) is 2.12. The third-order valence-electron chi connectivity index (χ3n) is 4.54. The second-order valence-corrected chi connectivity index (χ2v) is 6.03. The van der Waals surface area contributed by atoms with Crippen molar-refractivity contribution in [2.75, 3.05) is 0 Å². The molecule has 1 saturated heterocycles. The van der Waals surface area contributed by atoms with Gasteiger partial charge in [-0.15, -0.1) is 0 Å². The van der Waals surface area contributed by atoms with E-state index in [9.17, 15) is 9.18 Å². The molecule has 0 radical (unpaired) electrons. The Morgan fingerprint density at radius 1 is 1.35 bits per heavy atom. The van der Waals surface area contributed by atoms with E-state index >= 15 is 0 Å². The number of hydrogen-bond donors (Lipinski definition) is 1. The summed E-state index contributed by atoms with van der Waals surface area (Å²) in [5.41, 5.74) is 0.580. The Bertz CT molecular complexity index is 513. The van der Waals surface area contributed by atoms with Gasteiger partial charge in [0.25, 0.3) is 0 Å². The van der Waals surface area contributed by atoms with Gasteiger partial charge in [-0.3, -0.25) is 10.1 Å². The molecule has 0 bridgehead atoms. The van der Waals surface area contributed by atoms with Crippen LogP contribution in [-0.2, 0) is 4.79 Å². The molecule has 2 atom stereocenters. The van der Waals surface area contributed by atoms with Crippen molar-refractivity contribution in [3.63, 3.8) is 0 Å². The SMILES string of the molecule is CCC1NC(c2ccccc2F)N(C2CC(C)C2)C1=O. The van der Waals surface area contributed by atoms with Gasteiger partial charge in [-0.1, -0.05) is 32.0 Å². The van der Waals surface area contributed by atoms with Crippen LogP contribution in [0.1, 0.15) is 44.8 Å². The van der Waals surface area contributed by atoms with Crippen LogP contribution in [0, 0.1) is 11.7 Å². The standard InChI is InChI=1S/C16H21FN2O/c1-3-14-16(20)19(11-8-10(2)9-11)15(18-14)12-6-4-5-7-13(12)17/h4-7,10-11,14-15,18H,3,8-9H2,1-2H3. The molecule has 1 aliphatic heterocycles. The van der Waals surface area contributed by atoms with E-state index in [1.54, 1.807) is 12.1 Å². The van der Waals surface area contributed by atoms with Gasteiger partial charge in [0.2, 0.25) is 5.91 Å². The van der Waals surface area contributed by atoms with Crippen LogP contribution in [0.2, 0.25) is 0 Å². The van der Waals surface area contributed by atoms with Gasteiger partial charge in [-0.2, -0.15) is 0 Å². The van der Waals surface area contributed by atoms with Crippen LogP contribution < -0.4 is 5.32 Å². The van der Waals surface area contributed by atoms with Gasteiger partial charge in [-0.05, 0) is 31.2 Å². The summed E-state index contributed by atoms with van der Waals surface area (Å²) in [5.74, 6) is 0.541. The number of carbonyl (C=O) groups excluding carboxylic acids is 1. The molecular formula is C16H21FN2O. The summed E-state index contributed by atoms with van der Waals surface area (Å²) in [6, 6.07) is 6.81. The van der Waals surface area contributed by atoms with Crippen molar-refractivity contribution in [3.05, 3.63) is 35.6 Å². The van der Waals surface area contributed by atoms with Crippen LogP contribution in [0.25, 0.3) is 0 Å². The molecule has 20 heavy (non-hydrogen) atoms. The largest absolute Gasteiger partial charge is 0.318 e. The van der Waals surface area contributed by atoms with E-state index in [2.05, 4.69) is 12.2 Å². The molecule has 1 saturated carbocycles. The predicted octanol–water partition coefficient (Wildman–Crippen LogP) is 2.83. The lowest BCUT2D eigenvalue weighted by Gasteiger charge is -2.42. The number of halogens is 1. The van der Waals surface area contributed by atoms with Crippen LogP contribution >= 0.6 is 0 Å². The Balaban J connectivity index is 1.91.